The molecule has 0 radical (unpaired) electrons. The van der Waals surface area contributed by atoms with Gasteiger partial charge < -0.3 is 14.4 Å². The molecule has 9 heteroatoms. The molecule has 8 nitrogen and oxygen atoms in total. The van der Waals surface area contributed by atoms with Crippen LogP contribution in [0.3, 0.4) is 0 Å². The summed E-state index contributed by atoms with van der Waals surface area (Å²) in [5.74, 6) is -1.07. The number of benzene rings is 2. The average Bonchev–Trinajstić information content (AvgIpc) is 3.29. The summed E-state index contributed by atoms with van der Waals surface area (Å²) < 4.78 is 26.5. The quantitative estimate of drug-likeness (QED) is 0.534. The van der Waals surface area contributed by atoms with Crippen molar-refractivity contribution >= 4 is 11.9 Å². The SMILES string of the molecule is COC(=O)c1cccc(-c2cc(CN(C(=O)c3ncn(C)n3)C3CCOCC3)ccc2F)c1. The van der Waals surface area contributed by atoms with Crippen LogP contribution in [-0.4, -0.2) is 57.9 Å². The van der Waals surface area contributed by atoms with E-state index in [9.17, 15) is 14.0 Å². The Labute approximate surface area is 190 Å². The predicted molar refractivity (Wildman–Crippen MR) is 118 cm³/mol. The molecule has 1 fully saturated rings. The number of halogens is 1. The van der Waals surface area contributed by atoms with Crippen LogP contribution in [0.2, 0.25) is 0 Å². The maximum absolute atomic E-state index is 14.8. The molecule has 0 saturated carbocycles. The zero-order chi connectivity index (χ0) is 23.4. The van der Waals surface area contributed by atoms with Crippen LogP contribution in [0, 0.1) is 5.82 Å². The lowest BCUT2D eigenvalue weighted by molar-refractivity contribution is 0.0260. The summed E-state index contributed by atoms with van der Waals surface area (Å²) in [6.45, 7) is 1.41. The molecule has 0 aliphatic carbocycles. The van der Waals surface area contributed by atoms with Crippen LogP contribution in [0.4, 0.5) is 4.39 Å². The minimum absolute atomic E-state index is 0.0359. The van der Waals surface area contributed by atoms with Gasteiger partial charge in [0, 0.05) is 38.4 Å². The number of hydrogen-bond donors (Lipinski definition) is 0. The second-order valence-electron chi connectivity index (χ2n) is 7.91. The molecule has 4 rings (SSSR count). The Balaban J connectivity index is 1.65. The molecule has 0 atom stereocenters. The molecule has 2 heterocycles. The van der Waals surface area contributed by atoms with E-state index in [-0.39, 0.29) is 24.3 Å². The number of aryl methyl sites for hydroxylation is 1. The third-order valence-electron chi connectivity index (χ3n) is 5.66. The van der Waals surface area contributed by atoms with Gasteiger partial charge in [-0.2, -0.15) is 0 Å². The third kappa shape index (κ3) is 5.09. The second-order valence-corrected chi connectivity index (χ2v) is 7.91. The Morgan fingerprint density at radius 2 is 2.00 bits per heavy atom. The first-order chi connectivity index (χ1) is 16.0. The number of nitrogens with zero attached hydrogens (tertiary/aromatic N) is 4. The molecule has 0 spiro atoms. The van der Waals surface area contributed by atoms with E-state index in [1.54, 1.807) is 48.3 Å². The van der Waals surface area contributed by atoms with Crippen molar-refractivity contribution < 1.29 is 23.5 Å². The molecule has 0 unspecified atom stereocenters. The number of rotatable bonds is 6. The summed E-state index contributed by atoms with van der Waals surface area (Å²) in [5, 5.41) is 4.16. The number of hydrogen-bond acceptors (Lipinski definition) is 6. The molecule has 3 aromatic rings. The van der Waals surface area contributed by atoms with Gasteiger partial charge in [0.05, 0.1) is 12.7 Å². The molecular formula is C24H25FN4O4. The number of carbonyl (C=O) groups is 2. The van der Waals surface area contributed by atoms with E-state index in [1.165, 1.54) is 24.2 Å². The van der Waals surface area contributed by atoms with Crippen LogP contribution >= 0.6 is 0 Å². The van der Waals surface area contributed by atoms with Crippen LogP contribution < -0.4 is 0 Å². The summed E-state index contributed by atoms with van der Waals surface area (Å²) in [4.78, 5) is 31.0. The fourth-order valence-electron chi connectivity index (χ4n) is 3.95. The van der Waals surface area contributed by atoms with Gasteiger partial charge in [-0.3, -0.25) is 9.48 Å². The minimum Gasteiger partial charge on any atom is -0.465 e. The molecule has 2 aromatic carbocycles. The summed E-state index contributed by atoms with van der Waals surface area (Å²) in [7, 11) is 3.01. The number of aromatic nitrogens is 3. The van der Waals surface area contributed by atoms with Crippen LogP contribution in [0.5, 0.6) is 0 Å². The normalized spacial score (nSPS) is 14.2. The van der Waals surface area contributed by atoms with Crippen molar-refractivity contribution in [1.82, 2.24) is 19.7 Å². The maximum atomic E-state index is 14.8. The van der Waals surface area contributed by atoms with Crippen LogP contribution in [0.1, 0.15) is 39.4 Å². The monoisotopic (exact) mass is 452 g/mol. The molecule has 0 bridgehead atoms. The van der Waals surface area contributed by atoms with Crippen molar-refractivity contribution in [3.8, 4) is 11.1 Å². The first-order valence-electron chi connectivity index (χ1n) is 10.7. The largest absolute Gasteiger partial charge is 0.465 e. The number of esters is 1. The van der Waals surface area contributed by atoms with Gasteiger partial charge in [-0.15, -0.1) is 5.10 Å². The van der Waals surface area contributed by atoms with E-state index in [0.29, 0.717) is 42.7 Å². The Morgan fingerprint density at radius 1 is 1.21 bits per heavy atom. The predicted octanol–water partition coefficient (Wildman–Crippen LogP) is 3.23. The maximum Gasteiger partial charge on any atom is 0.337 e. The molecule has 1 aliphatic heterocycles. The summed E-state index contributed by atoms with van der Waals surface area (Å²) in [6, 6.07) is 11.3. The zero-order valence-electron chi connectivity index (χ0n) is 18.5. The third-order valence-corrected chi connectivity index (χ3v) is 5.66. The summed E-state index contributed by atoms with van der Waals surface area (Å²) in [5.41, 5.74) is 1.98. The van der Waals surface area contributed by atoms with Gasteiger partial charge in [0.25, 0.3) is 5.91 Å². The lowest BCUT2D eigenvalue weighted by atomic mass is 9.99. The molecule has 1 saturated heterocycles. The van der Waals surface area contributed by atoms with Crippen LogP contribution in [0.25, 0.3) is 11.1 Å². The van der Waals surface area contributed by atoms with E-state index in [4.69, 9.17) is 9.47 Å². The number of methoxy groups -OCH3 is 1. The second kappa shape index (κ2) is 9.91. The molecule has 1 aromatic heterocycles. The fraction of sp³-hybridized carbons (Fsp3) is 0.333. The van der Waals surface area contributed by atoms with E-state index in [0.717, 1.165) is 5.56 Å². The Hall–Kier alpha value is -3.59. The fourth-order valence-corrected chi connectivity index (χ4v) is 3.95. The van der Waals surface area contributed by atoms with E-state index in [1.807, 2.05) is 0 Å². The molecule has 1 aliphatic rings. The highest BCUT2D eigenvalue weighted by Gasteiger charge is 2.29. The number of carbonyl (C=O) groups excluding carboxylic acids is 2. The number of ether oxygens (including phenoxy) is 2. The van der Waals surface area contributed by atoms with Gasteiger partial charge in [-0.25, -0.2) is 14.2 Å². The summed E-state index contributed by atoms with van der Waals surface area (Å²) in [6.07, 6.45) is 2.89. The van der Waals surface area contributed by atoms with Crippen molar-refractivity contribution in [2.75, 3.05) is 20.3 Å². The van der Waals surface area contributed by atoms with Gasteiger partial charge in [0.2, 0.25) is 5.82 Å². The Morgan fingerprint density at radius 3 is 2.70 bits per heavy atom. The molecule has 33 heavy (non-hydrogen) atoms. The van der Waals surface area contributed by atoms with Gasteiger partial charge in [-0.05, 0) is 48.2 Å². The highest BCUT2D eigenvalue weighted by molar-refractivity contribution is 5.91. The van der Waals surface area contributed by atoms with Crippen LogP contribution in [-0.2, 0) is 23.1 Å². The molecule has 0 N–H and O–H groups in total. The van der Waals surface area contributed by atoms with Gasteiger partial charge >= 0.3 is 5.97 Å². The zero-order valence-corrected chi connectivity index (χ0v) is 18.5. The van der Waals surface area contributed by atoms with Gasteiger partial charge in [0.15, 0.2) is 0 Å². The van der Waals surface area contributed by atoms with E-state index < -0.39 is 11.8 Å². The van der Waals surface area contributed by atoms with Crippen molar-refractivity contribution in [1.29, 1.82) is 0 Å². The van der Waals surface area contributed by atoms with E-state index in [2.05, 4.69) is 10.1 Å². The lowest BCUT2D eigenvalue weighted by Gasteiger charge is -2.33. The average molecular weight is 452 g/mol. The minimum atomic E-state index is -0.493. The van der Waals surface area contributed by atoms with Gasteiger partial charge in [-0.1, -0.05) is 18.2 Å². The topological polar surface area (TPSA) is 86.6 Å². The molecule has 1 amide bonds. The first kappa shape index (κ1) is 22.6. The van der Waals surface area contributed by atoms with Crippen molar-refractivity contribution in [2.24, 2.45) is 7.05 Å². The van der Waals surface area contributed by atoms with Crippen LogP contribution in [0.15, 0.2) is 48.8 Å². The lowest BCUT2D eigenvalue weighted by Crippen LogP contribution is -2.43. The molecular weight excluding hydrogens is 427 g/mol. The number of amides is 1. The Kier molecular flexibility index (Phi) is 6.79. The summed E-state index contributed by atoms with van der Waals surface area (Å²) >= 11 is 0. The molecule has 172 valence electrons. The van der Waals surface area contributed by atoms with Gasteiger partial charge in [0.1, 0.15) is 12.1 Å². The highest BCUT2D eigenvalue weighted by Crippen LogP contribution is 2.27. The van der Waals surface area contributed by atoms with Crippen molar-refractivity contribution in [2.45, 2.75) is 25.4 Å². The van der Waals surface area contributed by atoms with Crippen molar-refractivity contribution in [3.05, 3.63) is 71.6 Å². The Bertz CT molecular complexity index is 1160. The van der Waals surface area contributed by atoms with E-state index >= 15 is 0 Å². The highest BCUT2D eigenvalue weighted by atomic mass is 19.1. The van der Waals surface area contributed by atoms with Crippen molar-refractivity contribution in [3.63, 3.8) is 0 Å². The first-order valence-corrected chi connectivity index (χ1v) is 10.7. The smallest absolute Gasteiger partial charge is 0.337 e. The standard InChI is InChI=1S/C24H25FN4O4/c1-28-15-26-22(27-28)23(30)29(19-8-10-33-11-9-19)14-16-6-7-21(25)20(12-16)17-4-3-5-18(13-17)24(31)32-2/h3-7,12-13,15,19H,8-11,14H2,1-2H3.